The SMILES string of the molecule is COc1cc(F)ccc1-c1cc(Nc2cc(CSC)ccn2)ncc1F. The lowest BCUT2D eigenvalue weighted by Gasteiger charge is -2.12. The van der Waals surface area contributed by atoms with Crippen molar-refractivity contribution in [1.29, 1.82) is 0 Å². The number of methoxy groups -OCH3 is 1. The maximum atomic E-state index is 14.3. The summed E-state index contributed by atoms with van der Waals surface area (Å²) in [7, 11) is 1.41. The van der Waals surface area contributed by atoms with Gasteiger partial charge in [0, 0.05) is 29.1 Å². The molecular weight excluding hydrogens is 356 g/mol. The van der Waals surface area contributed by atoms with Crippen LogP contribution in [0.15, 0.2) is 48.8 Å². The number of hydrogen-bond acceptors (Lipinski definition) is 5. The van der Waals surface area contributed by atoms with Crippen LogP contribution in [0.1, 0.15) is 5.56 Å². The summed E-state index contributed by atoms with van der Waals surface area (Å²) in [5.74, 6) is 1.19. The van der Waals surface area contributed by atoms with Gasteiger partial charge < -0.3 is 10.1 Å². The lowest BCUT2D eigenvalue weighted by molar-refractivity contribution is 0.412. The van der Waals surface area contributed by atoms with Crippen molar-refractivity contribution in [1.82, 2.24) is 9.97 Å². The Morgan fingerprint density at radius 3 is 2.62 bits per heavy atom. The van der Waals surface area contributed by atoms with E-state index in [1.54, 1.807) is 24.0 Å². The number of benzene rings is 1. The Morgan fingerprint density at radius 2 is 1.85 bits per heavy atom. The number of ether oxygens (including phenoxy) is 1. The van der Waals surface area contributed by atoms with Gasteiger partial charge in [-0.2, -0.15) is 11.8 Å². The quantitative estimate of drug-likeness (QED) is 0.656. The van der Waals surface area contributed by atoms with E-state index < -0.39 is 11.6 Å². The van der Waals surface area contributed by atoms with Gasteiger partial charge in [0.2, 0.25) is 0 Å². The van der Waals surface area contributed by atoms with E-state index >= 15 is 0 Å². The van der Waals surface area contributed by atoms with Crippen LogP contribution in [0.2, 0.25) is 0 Å². The van der Waals surface area contributed by atoms with Gasteiger partial charge in [-0.15, -0.1) is 0 Å². The average molecular weight is 373 g/mol. The summed E-state index contributed by atoms with van der Waals surface area (Å²) in [6.45, 7) is 0. The third kappa shape index (κ3) is 4.11. The molecule has 0 bridgehead atoms. The number of hydrogen-bond donors (Lipinski definition) is 1. The lowest BCUT2D eigenvalue weighted by atomic mass is 10.0. The fourth-order valence-electron chi connectivity index (χ4n) is 2.53. The molecule has 0 saturated heterocycles. The smallest absolute Gasteiger partial charge is 0.149 e. The minimum Gasteiger partial charge on any atom is -0.496 e. The summed E-state index contributed by atoms with van der Waals surface area (Å²) >= 11 is 1.71. The number of halogens is 2. The van der Waals surface area contributed by atoms with E-state index in [1.807, 2.05) is 18.4 Å². The molecule has 0 spiro atoms. The third-order valence-electron chi connectivity index (χ3n) is 3.70. The van der Waals surface area contributed by atoms with Gasteiger partial charge >= 0.3 is 0 Å². The van der Waals surface area contributed by atoms with Crippen molar-refractivity contribution in [2.75, 3.05) is 18.7 Å². The predicted molar refractivity (Wildman–Crippen MR) is 101 cm³/mol. The topological polar surface area (TPSA) is 47.0 Å². The number of thioether (sulfide) groups is 1. The Balaban J connectivity index is 1.95. The number of aromatic nitrogens is 2. The van der Waals surface area contributed by atoms with Crippen LogP contribution in [0, 0.1) is 11.6 Å². The van der Waals surface area contributed by atoms with Crippen LogP contribution in [0.4, 0.5) is 20.4 Å². The highest BCUT2D eigenvalue weighted by Crippen LogP contribution is 2.33. The molecule has 3 aromatic rings. The maximum absolute atomic E-state index is 14.3. The van der Waals surface area contributed by atoms with Crippen LogP contribution in [-0.2, 0) is 5.75 Å². The average Bonchev–Trinajstić information content (AvgIpc) is 2.64. The molecule has 3 rings (SSSR count). The number of nitrogens with one attached hydrogen (secondary N) is 1. The van der Waals surface area contributed by atoms with Crippen LogP contribution in [0.5, 0.6) is 5.75 Å². The van der Waals surface area contributed by atoms with Crippen LogP contribution in [0.25, 0.3) is 11.1 Å². The molecule has 0 saturated carbocycles. The number of pyridine rings is 2. The van der Waals surface area contributed by atoms with Crippen molar-refractivity contribution in [3.63, 3.8) is 0 Å². The molecule has 1 N–H and O–H groups in total. The zero-order chi connectivity index (χ0) is 18.5. The molecule has 2 aromatic heterocycles. The molecule has 0 aliphatic carbocycles. The number of nitrogens with zero attached hydrogens (tertiary/aromatic N) is 2. The predicted octanol–water partition coefficient (Wildman–Crippen LogP) is 5.04. The zero-order valence-corrected chi connectivity index (χ0v) is 15.1. The molecule has 0 aliphatic heterocycles. The Labute approximate surface area is 154 Å². The second-order valence-corrected chi connectivity index (χ2v) is 6.37. The molecule has 0 fully saturated rings. The maximum Gasteiger partial charge on any atom is 0.149 e. The highest BCUT2D eigenvalue weighted by molar-refractivity contribution is 7.97. The fourth-order valence-corrected chi connectivity index (χ4v) is 3.04. The van der Waals surface area contributed by atoms with Crippen molar-refractivity contribution in [3.05, 3.63) is 66.0 Å². The van der Waals surface area contributed by atoms with E-state index in [9.17, 15) is 8.78 Å². The van der Waals surface area contributed by atoms with Gasteiger partial charge in [0.25, 0.3) is 0 Å². The molecule has 7 heteroatoms. The zero-order valence-electron chi connectivity index (χ0n) is 14.3. The van der Waals surface area contributed by atoms with Gasteiger partial charge in [-0.25, -0.2) is 18.7 Å². The molecule has 0 aliphatic rings. The van der Waals surface area contributed by atoms with Crippen molar-refractivity contribution in [2.24, 2.45) is 0 Å². The molecule has 0 unspecified atom stereocenters. The molecule has 134 valence electrons. The standard InChI is InChI=1S/C19H17F2N3OS/c1-25-17-8-13(20)3-4-14(17)15-9-19(23-10-16(15)21)24-18-7-12(11-26-2)5-6-22-18/h3-10H,11H2,1-2H3,(H,22,23,24). The first-order valence-electron chi connectivity index (χ1n) is 7.81. The summed E-state index contributed by atoms with van der Waals surface area (Å²) in [4.78, 5) is 8.32. The van der Waals surface area contributed by atoms with Crippen molar-refractivity contribution >= 4 is 23.4 Å². The van der Waals surface area contributed by atoms with E-state index in [-0.39, 0.29) is 11.3 Å². The van der Waals surface area contributed by atoms with Gasteiger partial charge in [0.05, 0.1) is 13.3 Å². The van der Waals surface area contributed by atoms with Crippen LogP contribution < -0.4 is 10.1 Å². The van der Waals surface area contributed by atoms with Crippen molar-refractivity contribution < 1.29 is 13.5 Å². The van der Waals surface area contributed by atoms with Gasteiger partial charge in [-0.05, 0) is 42.2 Å². The molecule has 2 heterocycles. The largest absolute Gasteiger partial charge is 0.496 e. The molecule has 1 aromatic carbocycles. The van der Waals surface area contributed by atoms with E-state index in [4.69, 9.17) is 4.74 Å². The minimum absolute atomic E-state index is 0.251. The second-order valence-electron chi connectivity index (χ2n) is 5.50. The second kappa shape index (κ2) is 8.14. The third-order valence-corrected chi connectivity index (χ3v) is 4.32. The summed E-state index contributed by atoms with van der Waals surface area (Å²) in [5, 5.41) is 3.08. The number of rotatable bonds is 6. The van der Waals surface area contributed by atoms with Crippen molar-refractivity contribution in [3.8, 4) is 16.9 Å². The Morgan fingerprint density at radius 1 is 1.04 bits per heavy atom. The van der Waals surface area contributed by atoms with Crippen LogP contribution in [-0.4, -0.2) is 23.3 Å². The molecular formula is C19H17F2N3OS. The highest BCUT2D eigenvalue weighted by Gasteiger charge is 2.13. The van der Waals surface area contributed by atoms with Gasteiger partial charge in [0.1, 0.15) is 29.0 Å². The first-order valence-corrected chi connectivity index (χ1v) is 9.20. The van der Waals surface area contributed by atoms with E-state index in [0.29, 0.717) is 17.2 Å². The van der Waals surface area contributed by atoms with Crippen molar-refractivity contribution in [2.45, 2.75) is 5.75 Å². The molecule has 26 heavy (non-hydrogen) atoms. The fraction of sp³-hybridized carbons (Fsp3) is 0.158. The van der Waals surface area contributed by atoms with Gasteiger partial charge in [-0.1, -0.05) is 0 Å². The van der Waals surface area contributed by atoms with E-state index in [2.05, 4.69) is 15.3 Å². The Kier molecular flexibility index (Phi) is 5.68. The summed E-state index contributed by atoms with van der Waals surface area (Å²) in [6, 6.07) is 9.37. The Hall–Kier alpha value is -2.67. The summed E-state index contributed by atoms with van der Waals surface area (Å²) < 4.78 is 32.9. The normalized spacial score (nSPS) is 10.6. The lowest BCUT2D eigenvalue weighted by Crippen LogP contribution is -1.99. The summed E-state index contributed by atoms with van der Waals surface area (Å²) in [5.41, 5.74) is 1.83. The molecule has 0 amide bonds. The van der Waals surface area contributed by atoms with E-state index in [1.165, 1.54) is 25.3 Å². The number of anilines is 2. The minimum atomic E-state index is -0.524. The van der Waals surface area contributed by atoms with E-state index in [0.717, 1.165) is 17.5 Å². The van der Waals surface area contributed by atoms with Crippen LogP contribution >= 0.6 is 11.8 Å². The summed E-state index contributed by atoms with van der Waals surface area (Å²) in [6.07, 6.45) is 4.85. The first-order chi connectivity index (χ1) is 12.6. The molecule has 4 nitrogen and oxygen atoms in total. The molecule has 0 atom stereocenters. The van der Waals surface area contributed by atoms with Gasteiger partial charge in [-0.3, -0.25) is 0 Å². The first kappa shape index (κ1) is 18.1. The Bertz CT molecular complexity index is 921. The molecule has 0 radical (unpaired) electrons. The highest BCUT2D eigenvalue weighted by atomic mass is 32.2. The van der Waals surface area contributed by atoms with Crippen LogP contribution in [0.3, 0.4) is 0 Å². The monoisotopic (exact) mass is 373 g/mol. The van der Waals surface area contributed by atoms with Gasteiger partial charge in [0.15, 0.2) is 0 Å².